The Bertz CT molecular complexity index is 566. The molecule has 0 unspecified atom stereocenters. The number of aromatic nitrogens is 2. The Hall–Kier alpha value is -1.88. The highest BCUT2D eigenvalue weighted by Gasteiger charge is 2.06. The lowest BCUT2D eigenvalue weighted by Gasteiger charge is -2.03. The number of rotatable bonds is 6. The second-order valence-electron chi connectivity index (χ2n) is 4.36. The van der Waals surface area contributed by atoms with Gasteiger partial charge in [0.05, 0.1) is 6.42 Å². The van der Waals surface area contributed by atoms with Crippen LogP contribution in [0.2, 0.25) is 5.02 Å². The molecule has 2 aromatic rings. The number of hydrogen-bond acceptors (Lipinski definition) is 4. The highest BCUT2D eigenvalue weighted by Crippen LogP contribution is 2.09. The van der Waals surface area contributed by atoms with Crippen molar-refractivity contribution in [2.45, 2.75) is 26.2 Å². The third-order valence-corrected chi connectivity index (χ3v) is 3.02. The van der Waals surface area contributed by atoms with Gasteiger partial charge in [0.15, 0.2) is 5.82 Å². The number of halogens is 1. The number of benzene rings is 1. The number of nitrogens with one attached hydrogen (secondary N) is 1. The van der Waals surface area contributed by atoms with Gasteiger partial charge >= 0.3 is 0 Å². The summed E-state index contributed by atoms with van der Waals surface area (Å²) in [6.45, 7) is 2.44. The SMILES string of the molecule is CCc1noc(CCNC(=O)Cc2ccc(Cl)cc2)n1. The van der Waals surface area contributed by atoms with Gasteiger partial charge in [0.2, 0.25) is 11.8 Å². The molecule has 0 aliphatic heterocycles. The van der Waals surface area contributed by atoms with E-state index in [0.717, 1.165) is 12.0 Å². The van der Waals surface area contributed by atoms with E-state index in [1.807, 2.05) is 19.1 Å². The van der Waals surface area contributed by atoms with E-state index in [9.17, 15) is 4.79 Å². The quantitative estimate of drug-likeness (QED) is 0.886. The molecule has 1 heterocycles. The molecule has 0 bridgehead atoms. The van der Waals surface area contributed by atoms with E-state index in [4.69, 9.17) is 16.1 Å². The van der Waals surface area contributed by atoms with Gasteiger partial charge in [0, 0.05) is 24.4 Å². The van der Waals surface area contributed by atoms with Crippen molar-refractivity contribution in [3.05, 3.63) is 46.6 Å². The van der Waals surface area contributed by atoms with Crippen LogP contribution in [-0.2, 0) is 24.1 Å². The molecule has 0 fully saturated rings. The molecule has 1 amide bonds. The highest BCUT2D eigenvalue weighted by molar-refractivity contribution is 6.30. The van der Waals surface area contributed by atoms with Gasteiger partial charge in [-0.25, -0.2) is 0 Å². The zero-order valence-corrected chi connectivity index (χ0v) is 12.0. The molecule has 5 nitrogen and oxygen atoms in total. The maximum absolute atomic E-state index is 11.7. The number of aryl methyl sites for hydroxylation is 1. The predicted molar refractivity (Wildman–Crippen MR) is 75.5 cm³/mol. The summed E-state index contributed by atoms with van der Waals surface area (Å²) in [5, 5.41) is 7.28. The van der Waals surface area contributed by atoms with Crippen LogP contribution >= 0.6 is 11.6 Å². The lowest BCUT2D eigenvalue weighted by Crippen LogP contribution is -2.27. The van der Waals surface area contributed by atoms with E-state index in [0.29, 0.717) is 36.1 Å². The van der Waals surface area contributed by atoms with Crippen molar-refractivity contribution in [2.24, 2.45) is 0 Å². The van der Waals surface area contributed by atoms with Gasteiger partial charge in [-0.15, -0.1) is 0 Å². The topological polar surface area (TPSA) is 68.0 Å². The summed E-state index contributed by atoms with van der Waals surface area (Å²) in [6, 6.07) is 7.23. The molecule has 0 saturated heterocycles. The Morgan fingerprint density at radius 3 is 2.75 bits per heavy atom. The molecule has 1 aromatic carbocycles. The van der Waals surface area contributed by atoms with Crippen molar-refractivity contribution in [2.75, 3.05) is 6.54 Å². The summed E-state index contributed by atoms with van der Waals surface area (Å²) in [6.07, 6.45) is 1.62. The van der Waals surface area contributed by atoms with Crippen molar-refractivity contribution in [1.29, 1.82) is 0 Å². The van der Waals surface area contributed by atoms with Gasteiger partial charge in [-0.1, -0.05) is 35.8 Å². The van der Waals surface area contributed by atoms with Crippen LogP contribution in [-0.4, -0.2) is 22.6 Å². The van der Waals surface area contributed by atoms with Crippen LogP contribution in [0.3, 0.4) is 0 Å². The predicted octanol–water partition coefficient (Wildman–Crippen LogP) is 2.19. The monoisotopic (exact) mass is 293 g/mol. The van der Waals surface area contributed by atoms with Crippen LogP contribution in [0.15, 0.2) is 28.8 Å². The second kappa shape index (κ2) is 7.05. The molecular weight excluding hydrogens is 278 g/mol. The molecule has 2 rings (SSSR count). The van der Waals surface area contributed by atoms with Crippen molar-refractivity contribution < 1.29 is 9.32 Å². The Kier molecular flexibility index (Phi) is 5.12. The summed E-state index contributed by atoms with van der Waals surface area (Å²) in [5.74, 6) is 1.20. The molecule has 106 valence electrons. The molecule has 1 aromatic heterocycles. The second-order valence-corrected chi connectivity index (χ2v) is 4.80. The highest BCUT2D eigenvalue weighted by atomic mass is 35.5. The zero-order valence-electron chi connectivity index (χ0n) is 11.2. The molecule has 0 aliphatic carbocycles. The molecule has 20 heavy (non-hydrogen) atoms. The largest absolute Gasteiger partial charge is 0.355 e. The number of hydrogen-bond donors (Lipinski definition) is 1. The van der Waals surface area contributed by atoms with Crippen LogP contribution in [0.5, 0.6) is 0 Å². The third-order valence-electron chi connectivity index (χ3n) is 2.77. The summed E-state index contributed by atoms with van der Waals surface area (Å²) < 4.78 is 5.04. The van der Waals surface area contributed by atoms with Crippen LogP contribution in [0.1, 0.15) is 24.2 Å². The first kappa shape index (κ1) is 14.5. The number of carbonyl (C=O) groups excluding carboxylic acids is 1. The Labute approximate surface area is 122 Å². The molecule has 0 aliphatic rings. The summed E-state index contributed by atoms with van der Waals surface area (Å²) in [5.41, 5.74) is 0.929. The standard InChI is InChI=1S/C14H16ClN3O2/c1-2-12-17-14(20-18-12)7-8-16-13(19)9-10-3-5-11(15)6-4-10/h3-6H,2,7-9H2,1H3,(H,16,19). The smallest absolute Gasteiger partial charge is 0.228 e. The fraction of sp³-hybridized carbons (Fsp3) is 0.357. The van der Waals surface area contributed by atoms with Gasteiger partial charge < -0.3 is 9.84 Å². The van der Waals surface area contributed by atoms with Gasteiger partial charge in [-0.2, -0.15) is 4.98 Å². The van der Waals surface area contributed by atoms with Gasteiger partial charge in [0.1, 0.15) is 0 Å². The molecule has 0 atom stereocenters. The fourth-order valence-electron chi connectivity index (χ4n) is 1.69. The van der Waals surface area contributed by atoms with Crippen molar-refractivity contribution in [3.8, 4) is 0 Å². The molecule has 0 radical (unpaired) electrons. The average Bonchev–Trinajstić information content (AvgIpc) is 2.89. The maximum atomic E-state index is 11.7. The van der Waals surface area contributed by atoms with E-state index < -0.39 is 0 Å². The van der Waals surface area contributed by atoms with Crippen LogP contribution in [0.25, 0.3) is 0 Å². The van der Waals surface area contributed by atoms with E-state index >= 15 is 0 Å². The van der Waals surface area contributed by atoms with Crippen LogP contribution in [0.4, 0.5) is 0 Å². The Morgan fingerprint density at radius 2 is 2.10 bits per heavy atom. The minimum absolute atomic E-state index is 0.0393. The number of amides is 1. The summed E-state index contributed by atoms with van der Waals surface area (Å²) >= 11 is 5.79. The zero-order chi connectivity index (χ0) is 14.4. The first-order valence-corrected chi connectivity index (χ1v) is 6.87. The van der Waals surface area contributed by atoms with E-state index in [-0.39, 0.29) is 5.91 Å². The number of carbonyl (C=O) groups is 1. The number of nitrogens with zero attached hydrogens (tertiary/aromatic N) is 2. The van der Waals surface area contributed by atoms with Crippen molar-refractivity contribution >= 4 is 17.5 Å². The minimum Gasteiger partial charge on any atom is -0.355 e. The first-order valence-electron chi connectivity index (χ1n) is 6.50. The Morgan fingerprint density at radius 1 is 1.35 bits per heavy atom. The van der Waals surface area contributed by atoms with Crippen LogP contribution < -0.4 is 5.32 Å². The lowest BCUT2D eigenvalue weighted by atomic mass is 10.1. The average molecular weight is 294 g/mol. The van der Waals surface area contributed by atoms with Gasteiger partial charge in [0.25, 0.3) is 0 Å². The normalized spacial score (nSPS) is 10.5. The minimum atomic E-state index is -0.0393. The summed E-state index contributed by atoms with van der Waals surface area (Å²) in [4.78, 5) is 15.9. The molecule has 0 saturated carbocycles. The van der Waals surface area contributed by atoms with Gasteiger partial charge in [-0.05, 0) is 17.7 Å². The van der Waals surface area contributed by atoms with Crippen molar-refractivity contribution in [3.63, 3.8) is 0 Å². The van der Waals surface area contributed by atoms with Crippen molar-refractivity contribution in [1.82, 2.24) is 15.5 Å². The van der Waals surface area contributed by atoms with Gasteiger partial charge in [-0.3, -0.25) is 4.79 Å². The van der Waals surface area contributed by atoms with E-state index in [2.05, 4.69) is 15.5 Å². The lowest BCUT2D eigenvalue weighted by molar-refractivity contribution is -0.120. The Balaban J connectivity index is 1.73. The molecule has 6 heteroatoms. The third kappa shape index (κ3) is 4.35. The van der Waals surface area contributed by atoms with E-state index in [1.54, 1.807) is 12.1 Å². The molecule has 0 spiro atoms. The molecular formula is C14H16ClN3O2. The summed E-state index contributed by atoms with van der Waals surface area (Å²) in [7, 11) is 0. The first-order chi connectivity index (χ1) is 9.67. The van der Waals surface area contributed by atoms with Crippen LogP contribution in [0, 0.1) is 0 Å². The molecule has 1 N–H and O–H groups in total. The maximum Gasteiger partial charge on any atom is 0.228 e. The fourth-order valence-corrected chi connectivity index (χ4v) is 1.82. The van der Waals surface area contributed by atoms with E-state index in [1.165, 1.54) is 0 Å².